The molecule has 0 radical (unpaired) electrons. The fraction of sp³-hybridized carbons (Fsp3) is 0.429. The number of benzene rings is 1. The van der Waals surface area contributed by atoms with Gasteiger partial charge < -0.3 is 0 Å². The zero-order valence-electron chi connectivity index (χ0n) is 10.6. The van der Waals surface area contributed by atoms with Crippen LogP contribution in [0.5, 0.6) is 0 Å². The van der Waals surface area contributed by atoms with Crippen LogP contribution in [0.1, 0.15) is 31.2 Å². The van der Waals surface area contributed by atoms with E-state index in [-0.39, 0.29) is 11.5 Å². The zero-order chi connectivity index (χ0) is 13.4. The predicted molar refractivity (Wildman–Crippen MR) is 71.6 cm³/mol. The molecule has 0 spiro atoms. The summed E-state index contributed by atoms with van der Waals surface area (Å²) in [6.07, 6.45) is 8.34. The second kappa shape index (κ2) is 7.20. The fourth-order valence-electron chi connectivity index (χ4n) is 1.45. The van der Waals surface area contributed by atoms with Crippen molar-refractivity contribution in [3.05, 3.63) is 29.8 Å². The first kappa shape index (κ1) is 14.7. The Morgan fingerprint density at radius 1 is 1.17 bits per heavy atom. The van der Waals surface area contributed by atoms with Gasteiger partial charge in [-0.2, -0.15) is 8.42 Å². The maximum atomic E-state index is 11.8. The average Bonchev–Trinajstić information content (AvgIpc) is 2.34. The molecule has 0 aliphatic heterocycles. The molecule has 1 aromatic rings. The van der Waals surface area contributed by atoms with Gasteiger partial charge in [0.1, 0.15) is 0 Å². The number of hydrogen-bond acceptors (Lipinski definition) is 3. The van der Waals surface area contributed by atoms with Crippen molar-refractivity contribution in [1.29, 1.82) is 0 Å². The Hall–Kier alpha value is -1.31. The van der Waals surface area contributed by atoms with E-state index >= 15 is 0 Å². The number of unbranched alkanes of at least 4 members (excludes halogenated alkanes) is 3. The summed E-state index contributed by atoms with van der Waals surface area (Å²) in [6, 6.07) is 6.62. The Kier molecular flexibility index (Phi) is 5.90. The quantitative estimate of drug-likeness (QED) is 0.433. The minimum atomic E-state index is -3.61. The molecular weight excluding hydrogens is 248 g/mol. The highest BCUT2D eigenvalue weighted by molar-refractivity contribution is 7.86. The Morgan fingerprint density at radius 2 is 1.83 bits per heavy atom. The molecule has 1 aromatic carbocycles. The van der Waals surface area contributed by atoms with Gasteiger partial charge in [0.2, 0.25) is 0 Å². The van der Waals surface area contributed by atoms with Crippen LogP contribution in [0.3, 0.4) is 0 Å². The van der Waals surface area contributed by atoms with Crippen molar-refractivity contribution >= 4 is 10.1 Å². The van der Waals surface area contributed by atoms with Gasteiger partial charge in [-0.05, 0) is 31.9 Å². The van der Waals surface area contributed by atoms with Gasteiger partial charge in [-0.1, -0.05) is 24.1 Å². The zero-order valence-corrected chi connectivity index (χ0v) is 11.4. The van der Waals surface area contributed by atoms with Crippen LogP contribution in [0.4, 0.5) is 0 Å². The monoisotopic (exact) mass is 266 g/mol. The highest BCUT2D eigenvalue weighted by Crippen LogP contribution is 2.13. The fourth-order valence-corrected chi connectivity index (χ4v) is 2.39. The smallest absolute Gasteiger partial charge is 0.266 e. The topological polar surface area (TPSA) is 43.4 Å². The number of aryl methyl sites for hydroxylation is 1. The maximum absolute atomic E-state index is 11.8. The van der Waals surface area contributed by atoms with Gasteiger partial charge in [0.05, 0.1) is 11.5 Å². The summed E-state index contributed by atoms with van der Waals surface area (Å²) < 4.78 is 28.5. The van der Waals surface area contributed by atoms with Gasteiger partial charge in [-0.15, -0.1) is 12.3 Å². The van der Waals surface area contributed by atoms with E-state index in [9.17, 15) is 8.42 Å². The van der Waals surface area contributed by atoms with Crippen LogP contribution in [0.2, 0.25) is 0 Å². The molecule has 0 amide bonds. The van der Waals surface area contributed by atoms with E-state index in [2.05, 4.69) is 5.92 Å². The molecule has 0 aromatic heterocycles. The SMILES string of the molecule is C#CCCCCCOS(=O)(=O)c1ccc(C)cc1. The first-order valence-electron chi connectivity index (χ1n) is 5.96. The largest absolute Gasteiger partial charge is 0.296 e. The summed E-state index contributed by atoms with van der Waals surface area (Å²) >= 11 is 0. The Morgan fingerprint density at radius 3 is 2.44 bits per heavy atom. The minimum absolute atomic E-state index is 0.205. The maximum Gasteiger partial charge on any atom is 0.296 e. The lowest BCUT2D eigenvalue weighted by molar-refractivity contribution is 0.307. The minimum Gasteiger partial charge on any atom is -0.266 e. The van der Waals surface area contributed by atoms with Gasteiger partial charge in [0.25, 0.3) is 10.1 Å². The summed E-state index contributed by atoms with van der Waals surface area (Å²) in [5.74, 6) is 2.55. The molecule has 0 aliphatic rings. The van der Waals surface area contributed by atoms with Crippen molar-refractivity contribution in [2.75, 3.05) is 6.61 Å². The predicted octanol–water partition coefficient (Wildman–Crippen LogP) is 2.89. The van der Waals surface area contributed by atoms with Crippen LogP contribution in [0, 0.1) is 19.3 Å². The third kappa shape index (κ3) is 4.91. The molecule has 0 bridgehead atoms. The highest BCUT2D eigenvalue weighted by Gasteiger charge is 2.13. The highest BCUT2D eigenvalue weighted by atomic mass is 32.2. The van der Waals surface area contributed by atoms with E-state index in [0.717, 1.165) is 24.8 Å². The molecule has 0 aliphatic carbocycles. The summed E-state index contributed by atoms with van der Waals surface area (Å²) in [4.78, 5) is 0.205. The standard InChI is InChI=1S/C14H18O3S/c1-3-4-5-6-7-12-17-18(15,16)14-10-8-13(2)9-11-14/h1,8-11H,4-7,12H2,2H3. The second-order valence-corrected chi connectivity index (χ2v) is 5.72. The summed E-state index contributed by atoms with van der Waals surface area (Å²) in [5, 5.41) is 0. The molecule has 4 heteroatoms. The molecular formula is C14H18O3S. The Bertz CT molecular complexity index is 495. The molecule has 3 nitrogen and oxygen atoms in total. The lowest BCUT2D eigenvalue weighted by atomic mass is 10.2. The van der Waals surface area contributed by atoms with Crippen molar-refractivity contribution in [2.45, 2.75) is 37.5 Å². The molecule has 0 saturated heterocycles. The summed E-state index contributed by atoms with van der Waals surface area (Å²) in [6.45, 7) is 2.11. The lowest BCUT2D eigenvalue weighted by Gasteiger charge is -2.05. The van der Waals surface area contributed by atoms with Crippen molar-refractivity contribution < 1.29 is 12.6 Å². The second-order valence-electron chi connectivity index (χ2n) is 4.10. The van der Waals surface area contributed by atoms with Gasteiger partial charge in [0.15, 0.2) is 0 Å². The molecule has 0 unspecified atom stereocenters. The molecule has 18 heavy (non-hydrogen) atoms. The normalized spacial score (nSPS) is 11.1. The average molecular weight is 266 g/mol. The van der Waals surface area contributed by atoms with Crippen LogP contribution in [-0.4, -0.2) is 15.0 Å². The van der Waals surface area contributed by atoms with Gasteiger partial charge in [-0.3, -0.25) is 4.18 Å². The van der Waals surface area contributed by atoms with Gasteiger partial charge in [-0.25, -0.2) is 0 Å². The third-order valence-corrected chi connectivity index (χ3v) is 3.84. The molecule has 0 saturated carbocycles. The van der Waals surface area contributed by atoms with E-state index in [0.29, 0.717) is 6.42 Å². The number of rotatable bonds is 7. The molecule has 0 N–H and O–H groups in total. The van der Waals surface area contributed by atoms with E-state index in [4.69, 9.17) is 10.6 Å². The van der Waals surface area contributed by atoms with Crippen molar-refractivity contribution in [3.8, 4) is 12.3 Å². The molecule has 0 heterocycles. The van der Waals surface area contributed by atoms with E-state index in [1.54, 1.807) is 24.3 Å². The van der Waals surface area contributed by atoms with Crippen LogP contribution >= 0.6 is 0 Å². The molecule has 0 atom stereocenters. The number of hydrogen-bond donors (Lipinski definition) is 0. The van der Waals surface area contributed by atoms with Crippen molar-refractivity contribution in [2.24, 2.45) is 0 Å². The van der Waals surface area contributed by atoms with Gasteiger partial charge in [0, 0.05) is 6.42 Å². The van der Waals surface area contributed by atoms with Crippen LogP contribution in [-0.2, 0) is 14.3 Å². The first-order chi connectivity index (χ1) is 8.56. The number of terminal acetylenes is 1. The summed E-state index contributed by atoms with van der Waals surface area (Å²) in [5.41, 5.74) is 1.02. The summed E-state index contributed by atoms with van der Waals surface area (Å²) in [7, 11) is -3.61. The van der Waals surface area contributed by atoms with Crippen molar-refractivity contribution in [3.63, 3.8) is 0 Å². The Balaban J connectivity index is 2.41. The van der Waals surface area contributed by atoms with E-state index in [1.165, 1.54) is 0 Å². The van der Waals surface area contributed by atoms with Crippen LogP contribution in [0.25, 0.3) is 0 Å². The van der Waals surface area contributed by atoms with Crippen molar-refractivity contribution in [1.82, 2.24) is 0 Å². The molecule has 98 valence electrons. The van der Waals surface area contributed by atoms with E-state index in [1.807, 2.05) is 6.92 Å². The molecule has 0 fully saturated rings. The Labute approximate surface area is 109 Å². The van der Waals surface area contributed by atoms with Crippen LogP contribution < -0.4 is 0 Å². The van der Waals surface area contributed by atoms with E-state index < -0.39 is 10.1 Å². The van der Waals surface area contributed by atoms with Crippen LogP contribution in [0.15, 0.2) is 29.2 Å². The first-order valence-corrected chi connectivity index (χ1v) is 7.36. The lowest BCUT2D eigenvalue weighted by Crippen LogP contribution is -2.07. The molecule has 1 rings (SSSR count). The third-order valence-electron chi connectivity index (χ3n) is 2.51. The van der Waals surface area contributed by atoms with Gasteiger partial charge >= 0.3 is 0 Å².